The molecule has 0 saturated carbocycles. The average molecular weight is 381 g/mol. The van der Waals surface area contributed by atoms with Crippen LogP contribution in [0, 0.1) is 12.7 Å². The lowest BCUT2D eigenvalue weighted by Crippen LogP contribution is -2.16. The van der Waals surface area contributed by atoms with Gasteiger partial charge in [0.1, 0.15) is 23.0 Å². The van der Waals surface area contributed by atoms with Crippen molar-refractivity contribution in [2.75, 3.05) is 11.1 Å². The van der Waals surface area contributed by atoms with E-state index >= 15 is 0 Å². The monoisotopic (exact) mass is 381 g/mol. The number of amides is 1. The summed E-state index contributed by atoms with van der Waals surface area (Å²) in [6, 6.07) is 9.06. The van der Waals surface area contributed by atoms with Gasteiger partial charge in [-0.3, -0.25) is 9.48 Å². The van der Waals surface area contributed by atoms with Crippen LogP contribution >= 0.6 is 0 Å². The van der Waals surface area contributed by atoms with Crippen LogP contribution in [0.3, 0.4) is 0 Å². The van der Waals surface area contributed by atoms with Crippen molar-refractivity contribution < 1.29 is 13.9 Å². The minimum absolute atomic E-state index is 0.00701. The van der Waals surface area contributed by atoms with E-state index in [-0.39, 0.29) is 11.6 Å². The van der Waals surface area contributed by atoms with Crippen molar-refractivity contribution in [3.05, 3.63) is 59.8 Å². The van der Waals surface area contributed by atoms with Crippen molar-refractivity contribution in [3.63, 3.8) is 0 Å². The number of rotatable bonds is 4. The van der Waals surface area contributed by atoms with Crippen molar-refractivity contribution in [1.82, 2.24) is 24.4 Å². The second-order valence-electron chi connectivity index (χ2n) is 6.13. The van der Waals surface area contributed by atoms with Crippen LogP contribution in [0.4, 0.5) is 16.0 Å². The second-order valence-corrected chi connectivity index (χ2v) is 6.13. The molecule has 0 bridgehead atoms. The Bertz CT molecular complexity index is 1200. The molecule has 0 unspecified atom stereocenters. The topological polar surface area (TPSA) is 112 Å². The van der Waals surface area contributed by atoms with Crippen LogP contribution in [0.5, 0.6) is 11.5 Å². The van der Waals surface area contributed by atoms with Crippen LogP contribution in [0.25, 0.3) is 5.65 Å². The van der Waals surface area contributed by atoms with Gasteiger partial charge in [0.2, 0.25) is 5.95 Å². The molecular weight excluding hydrogens is 365 g/mol. The molecule has 3 heterocycles. The number of anilines is 2. The largest absolute Gasteiger partial charge is 0.456 e. The van der Waals surface area contributed by atoms with Crippen molar-refractivity contribution >= 4 is 23.2 Å². The zero-order valence-electron chi connectivity index (χ0n) is 15.0. The van der Waals surface area contributed by atoms with Gasteiger partial charge in [-0.2, -0.15) is 10.1 Å². The highest BCUT2D eigenvalue weighted by Gasteiger charge is 2.15. The predicted molar refractivity (Wildman–Crippen MR) is 99.8 cm³/mol. The molecule has 10 heteroatoms. The first kappa shape index (κ1) is 17.5. The number of carbonyl (C=O) groups excluding carboxylic acids is 1. The Morgan fingerprint density at radius 2 is 1.96 bits per heavy atom. The van der Waals surface area contributed by atoms with Crippen LogP contribution < -0.4 is 15.8 Å². The normalized spacial score (nSPS) is 11.0. The van der Waals surface area contributed by atoms with E-state index in [4.69, 9.17) is 10.5 Å². The summed E-state index contributed by atoms with van der Waals surface area (Å²) in [5, 5.41) is 10.7. The molecule has 4 aromatic rings. The first-order valence-electron chi connectivity index (χ1n) is 8.30. The average Bonchev–Trinajstić information content (AvgIpc) is 3.17. The Balaban J connectivity index is 1.57. The molecule has 0 saturated heterocycles. The number of nitrogens with two attached hydrogens (primary N) is 1. The fourth-order valence-electron chi connectivity index (χ4n) is 2.75. The second kappa shape index (κ2) is 6.65. The summed E-state index contributed by atoms with van der Waals surface area (Å²) in [5.41, 5.74) is 7.14. The van der Waals surface area contributed by atoms with Gasteiger partial charge < -0.3 is 15.8 Å². The number of nitrogen functional groups attached to an aromatic ring is 1. The number of benzene rings is 1. The number of hydrogen-bond acceptors (Lipinski definition) is 6. The maximum absolute atomic E-state index is 14.2. The summed E-state index contributed by atoms with van der Waals surface area (Å²) in [4.78, 5) is 16.4. The molecule has 0 aliphatic rings. The van der Waals surface area contributed by atoms with Crippen LogP contribution in [-0.4, -0.2) is 30.3 Å². The molecule has 1 amide bonds. The fourth-order valence-corrected chi connectivity index (χ4v) is 2.75. The predicted octanol–water partition coefficient (Wildman–Crippen LogP) is 2.54. The highest BCUT2D eigenvalue weighted by molar-refractivity contribution is 6.03. The van der Waals surface area contributed by atoms with Gasteiger partial charge in [0, 0.05) is 13.1 Å². The maximum atomic E-state index is 14.2. The summed E-state index contributed by atoms with van der Waals surface area (Å²) in [7, 11) is 1.64. The summed E-state index contributed by atoms with van der Waals surface area (Å²) in [6.07, 6.45) is 1.60. The number of fused-ring (bicyclic) bond motifs is 1. The van der Waals surface area contributed by atoms with Crippen molar-refractivity contribution in [2.45, 2.75) is 6.92 Å². The number of carbonyl (C=O) groups is 1. The van der Waals surface area contributed by atoms with Gasteiger partial charge in [-0.15, -0.1) is 5.10 Å². The number of nitrogens with zero attached hydrogens (tertiary/aromatic N) is 5. The van der Waals surface area contributed by atoms with Gasteiger partial charge in [-0.1, -0.05) is 0 Å². The van der Waals surface area contributed by atoms with E-state index in [1.165, 1.54) is 27.4 Å². The molecule has 3 N–H and O–H groups in total. The first-order chi connectivity index (χ1) is 13.4. The molecule has 0 spiro atoms. The Labute approximate surface area is 158 Å². The summed E-state index contributed by atoms with van der Waals surface area (Å²) >= 11 is 0. The number of aryl methyl sites for hydroxylation is 2. The standard InChI is InChI=1S/C18H16FN7O2/c1-10-7-15(25(2)23-10)17(27)21-14-8-11(3-5-13(14)19)28-12-4-6-16-22-18(20)24-26(16)9-12/h3-9H,1-2H3,(H2,20,24)(H,21,27). The van der Waals surface area contributed by atoms with Crippen molar-refractivity contribution in [1.29, 1.82) is 0 Å². The van der Waals surface area contributed by atoms with Gasteiger partial charge in [0.05, 0.1) is 17.6 Å². The highest BCUT2D eigenvalue weighted by Crippen LogP contribution is 2.27. The molecular formula is C18H16FN7O2. The summed E-state index contributed by atoms with van der Waals surface area (Å²) in [5.74, 6) is -0.124. The molecule has 28 heavy (non-hydrogen) atoms. The summed E-state index contributed by atoms with van der Waals surface area (Å²) in [6.45, 7) is 1.77. The van der Waals surface area contributed by atoms with Gasteiger partial charge in [0.15, 0.2) is 5.65 Å². The zero-order valence-corrected chi connectivity index (χ0v) is 15.0. The third-order valence-electron chi connectivity index (χ3n) is 3.98. The van der Waals surface area contributed by atoms with E-state index in [0.29, 0.717) is 28.5 Å². The lowest BCUT2D eigenvalue weighted by Gasteiger charge is -2.10. The number of nitrogens with one attached hydrogen (secondary N) is 1. The molecule has 0 aliphatic carbocycles. The molecule has 4 rings (SSSR count). The molecule has 9 nitrogen and oxygen atoms in total. The first-order valence-corrected chi connectivity index (χ1v) is 8.30. The highest BCUT2D eigenvalue weighted by atomic mass is 19.1. The molecule has 0 radical (unpaired) electrons. The smallest absolute Gasteiger partial charge is 0.274 e. The Morgan fingerprint density at radius 1 is 1.18 bits per heavy atom. The molecule has 0 fully saturated rings. The van der Waals surface area contributed by atoms with E-state index in [1.807, 2.05) is 0 Å². The molecule has 1 aromatic carbocycles. The fraction of sp³-hybridized carbons (Fsp3) is 0.111. The summed E-state index contributed by atoms with van der Waals surface area (Å²) < 4.78 is 22.8. The van der Waals surface area contributed by atoms with E-state index < -0.39 is 11.7 Å². The lowest BCUT2D eigenvalue weighted by atomic mass is 10.2. The zero-order chi connectivity index (χ0) is 19.8. The number of pyridine rings is 1. The SMILES string of the molecule is Cc1cc(C(=O)Nc2cc(Oc3ccc4nc(N)nn4c3)ccc2F)n(C)n1. The minimum atomic E-state index is -0.584. The van der Waals surface area contributed by atoms with Crippen LogP contribution in [0.15, 0.2) is 42.6 Å². The Morgan fingerprint density at radius 3 is 2.71 bits per heavy atom. The molecule has 3 aromatic heterocycles. The van der Waals surface area contributed by atoms with E-state index in [9.17, 15) is 9.18 Å². The van der Waals surface area contributed by atoms with E-state index in [0.717, 1.165) is 0 Å². The van der Waals surface area contributed by atoms with Gasteiger partial charge in [-0.25, -0.2) is 8.91 Å². The number of halogens is 1. The third-order valence-corrected chi connectivity index (χ3v) is 3.98. The maximum Gasteiger partial charge on any atom is 0.274 e. The molecule has 0 atom stereocenters. The Kier molecular flexibility index (Phi) is 4.15. The Hall–Kier alpha value is -3.95. The lowest BCUT2D eigenvalue weighted by molar-refractivity contribution is 0.101. The van der Waals surface area contributed by atoms with Crippen molar-refractivity contribution in [3.8, 4) is 11.5 Å². The van der Waals surface area contributed by atoms with Crippen molar-refractivity contribution in [2.24, 2.45) is 7.05 Å². The van der Waals surface area contributed by atoms with Crippen LogP contribution in [0.2, 0.25) is 0 Å². The van der Waals surface area contributed by atoms with Gasteiger partial charge in [-0.05, 0) is 37.3 Å². The quantitative estimate of drug-likeness (QED) is 0.562. The third kappa shape index (κ3) is 3.34. The van der Waals surface area contributed by atoms with Gasteiger partial charge in [0.25, 0.3) is 5.91 Å². The molecule has 142 valence electrons. The number of hydrogen-bond donors (Lipinski definition) is 2. The molecule has 0 aliphatic heterocycles. The van der Waals surface area contributed by atoms with Crippen LogP contribution in [-0.2, 0) is 7.05 Å². The van der Waals surface area contributed by atoms with E-state index in [2.05, 4.69) is 20.5 Å². The van der Waals surface area contributed by atoms with Crippen LogP contribution in [0.1, 0.15) is 16.2 Å². The number of aromatic nitrogens is 5. The minimum Gasteiger partial charge on any atom is -0.456 e. The van der Waals surface area contributed by atoms with Gasteiger partial charge >= 0.3 is 0 Å². The number of ether oxygens (including phenoxy) is 1. The van der Waals surface area contributed by atoms with E-state index in [1.54, 1.807) is 38.4 Å².